The standard InChI is InChI=1S/C65H126O6/c1-4-7-10-13-16-19-22-25-27-29-31-32-33-34-35-37-38-40-43-46-49-52-55-58-64(67)70-61-62(60-69-63(66)57-54-51-48-45-42-24-21-18-15-12-9-6-3)71-65(68)59-56-53-50-47-44-41-39-36-30-28-26-23-20-17-14-11-8-5-2/h62H,4-61H2,1-3H3. The Morgan fingerprint density at radius 1 is 0.225 bits per heavy atom. The number of carbonyl (C=O) groups excluding carboxylic acids is 3. The van der Waals surface area contributed by atoms with Crippen molar-refractivity contribution in [2.45, 2.75) is 386 Å². The van der Waals surface area contributed by atoms with Crippen LogP contribution < -0.4 is 0 Å². The highest BCUT2D eigenvalue weighted by Crippen LogP contribution is 2.19. The molecule has 0 bridgehead atoms. The lowest BCUT2D eigenvalue weighted by atomic mass is 10.0. The van der Waals surface area contributed by atoms with E-state index in [-0.39, 0.29) is 31.1 Å². The van der Waals surface area contributed by atoms with Gasteiger partial charge in [-0.05, 0) is 19.3 Å². The van der Waals surface area contributed by atoms with Gasteiger partial charge < -0.3 is 14.2 Å². The summed E-state index contributed by atoms with van der Waals surface area (Å²) in [5.41, 5.74) is 0. The van der Waals surface area contributed by atoms with Gasteiger partial charge in [-0.1, -0.05) is 342 Å². The number of hydrogen-bond donors (Lipinski definition) is 0. The monoisotopic (exact) mass is 1000 g/mol. The zero-order valence-corrected chi connectivity index (χ0v) is 48.5. The molecular weight excluding hydrogens is 877 g/mol. The minimum absolute atomic E-state index is 0.0606. The summed E-state index contributed by atoms with van der Waals surface area (Å²) in [6.07, 6.45) is 69.7. The summed E-state index contributed by atoms with van der Waals surface area (Å²) >= 11 is 0. The van der Waals surface area contributed by atoms with E-state index in [4.69, 9.17) is 14.2 Å². The smallest absolute Gasteiger partial charge is 0.306 e. The molecular formula is C65H126O6. The molecule has 6 heteroatoms. The highest BCUT2D eigenvalue weighted by Gasteiger charge is 2.19. The minimum Gasteiger partial charge on any atom is -0.462 e. The maximum absolute atomic E-state index is 12.9. The van der Waals surface area contributed by atoms with Crippen LogP contribution in [0.3, 0.4) is 0 Å². The van der Waals surface area contributed by atoms with E-state index < -0.39 is 6.10 Å². The summed E-state index contributed by atoms with van der Waals surface area (Å²) in [4.78, 5) is 38.3. The maximum Gasteiger partial charge on any atom is 0.306 e. The van der Waals surface area contributed by atoms with E-state index >= 15 is 0 Å². The first-order valence-corrected chi connectivity index (χ1v) is 32.5. The number of rotatable bonds is 61. The fraction of sp³-hybridized carbons (Fsp3) is 0.954. The van der Waals surface area contributed by atoms with Crippen molar-refractivity contribution in [2.75, 3.05) is 13.2 Å². The van der Waals surface area contributed by atoms with Crippen LogP contribution in [0.15, 0.2) is 0 Å². The first-order valence-electron chi connectivity index (χ1n) is 32.5. The summed E-state index contributed by atoms with van der Waals surface area (Å²) in [6.45, 7) is 6.72. The van der Waals surface area contributed by atoms with E-state index in [0.29, 0.717) is 19.3 Å². The second kappa shape index (κ2) is 61.0. The van der Waals surface area contributed by atoms with Gasteiger partial charge in [-0.3, -0.25) is 14.4 Å². The number of ether oxygens (including phenoxy) is 3. The van der Waals surface area contributed by atoms with Gasteiger partial charge in [0.25, 0.3) is 0 Å². The van der Waals surface area contributed by atoms with Gasteiger partial charge in [0, 0.05) is 19.3 Å². The molecule has 0 aromatic heterocycles. The molecule has 0 rings (SSSR count). The normalized spacial score (nSPS) is 11.9. The Labute approximate surface area is 444 Å². The van der Waals surface area contributed by atoms with Crippen LogP contribution in [0.4, 0.5) is 0 Å². The molecule has 0 saturated heterocycles. The van der Waals surface area contributed by atoms with Crippen molar-refractivity contribution in [1.29, 1.82) is 0 Å². The molecule has 71 heavy (non-hydrogen) atoms. The predicted octanol–water partition coefficient (Wildman–Crippen LogP) is 21.9. The van der Waals surface area contributed by atoms with E-state index in [1.54, 1.807) is 0 Å². The largest absolute Gasteiger partial charge is 0.462 e. The fourth-order valence-corrected chi connectivity index (χ4v) is 10.2. The van der Waals surface area contributed by atoms with E-state index in [0.717, 1.165) is 57.8 Å². The quantitative estimate of drug-likeness (QED) is 0.0343. The lowest BCUT2D eigenvalue weighted by Gasteiger charge is -2.18. The Morgan fingerprint density at radius 2 is 0.380 bits per heavy atom. The fourth-order valence-electron chi connectivity index (χ4n) is 10.2. The summed E-state index contributed by atoms with van der Waals surface area (Å²) in [7, 11) is 0. The van der Waals surface area contributed by atoms with Crippen LogP contribution in [0, 0.1) is 0 Å². The van der Waals surface area contributed by atoms with Crippen molar-refractivity contribution >= 4 is 17.9 Å². The molecule has 0 aliphatic carbocycles. The van der Waals surface area contributed by atoms with Gasteiger partial charge in [0.2, 0.25) is 0 Å². The molecule has 0 N–H and O–H groups in total. The second-order valence-electron chi connectivity index (χ2n) is 22.4. The van der Waals surface area contributed by atoms with Gasteiger partial charge in [-0.25, -0.2) is 0 Å². The van der Waals surface area contributed by atoms with Gasteiger partial charge in [0.1, 0.15) is 13.2 Å². The molecule has 1 unspecified atom stereocenters. The van der Waals surface area contributed by atoms with Crippen molar-refractivity contribution in [1.82, 2.24) is 0 Å². The Bertz CT molecular complexity index is 1060. The molecule has 0 aliphatic heterocycles. The number of hydrogen-bond acceptors (Lipinski definition) is 6. The molecule has 0 fully saturated rings. The van der Waals surface area contributed by atoms with Gasteiger partial charge >= 0.3 is 17.9 Å². The van der Waals surface area contributed by atoms with Crippen LogP contribution in [0.25, 0.3) is 0 Å². The van der Waals surface area contributed by atoms with Crippen molar-refractivity contribution in [2.24, 2.45) is 0 Å². The lowest BCUT2D eigenvalue weighted by Crippen LogP contribution is -2.30. The van der Waals surface area contributed by atoms with Gasteiger partial charge in [0.05, 0.1) is 0 Å². The minimum atomic E-state index is -0.762. The molecule has 0 aliphatic rings. The third kappa shape index (κ3) is 59.2. The van der Waals surface area contributed by atoms with E-state index in [9.17, 15) is 14.4 Å². The highest BCUT2D eigenvalue weighted by atomic mass is 16.6. The Morgan fingerprint density at radius 3 is 0.563 bits per heavy atom. The summed E-state index contributed by atoms with van der Waals surface area (Å²) in [5, 5.41) is 0. The Kier molecular flexibility index (Phi) is 59.6. The zero-order valence-electron chi connectivity index (χ0n) is 48.5. The van der Waals surface area contributed by atoms with E-state index in [1.807, 2.05) is 0 Å². The first kappa shape index (κ1) is 69.4. The number of unbranched alkanes of at least 4 members (excludes halogenated alkanes) is 50. The molecule has 0 heterocycles. The molecule has 0 amide bonds. The molecule has 0 aromatic carbocycles. The third-order valence-electron chi connectivity index (χ3n) is 15.1. The topological polar surface area (TPSA) is 78.9 Å². The van der Waals surface area contributed by atoms with Crippen LogP contribution >= 0.6 is 0 Å². The predicted molar refractivity (Wildman–Crippen MR) is 307 cm³/mol. The Hall–Kier alpha value is -1.59. The molecule has 0 aromatic rings. The number of esters is 3. The van der Waals surface area contributed by atoms with Crippen LogP contribution in [0.1, 0.15) is 380 Å². The average Bonchev–Trinajstić information content (AvgIpc) is 3.37. The molecule has 1 atom stereocenters. The van der Waals surface area contributed by atoms with Gasteiger partial charge in [0.15, 0.2) is 6.10 Å². The van der Waals surface area contributed by atoms with Crippen molar-refractivity contribution in [3.63, 3.8) is 0 Å². The summed E-state index contributed by atoms with van der Waals surface area (Å²) in [6, 6.07) is 0. The lowest BCUT2D eigenvalue weighted by molar-refractivity contribution is -0.167. The zero-order chi connectivity index (χ0) is 51.4. The van der Waals surface area contributed by atoms with Crippen molar-refractivity contribution < 1.29 is 28.6 Å². The first-order chi connectivity index (χ1) is 35.0. The van der Waals surface area contributed by atoms with Crippen molar-refractivity contribution in [3.8, 4) is 0 Å². The SMILES string of the molecule is CCCCCCCCCCCCCCCCCCCCCCCCCC(=O)OCC(COC(=O)CCCCCCCCCCCCCC)OC(=O)CCCCCCCCCCCCCCCCCCCC. The van der Waals surface area contributed by atoms with E-state index in [2.05, 4.69) is 20.8 Å². The van der Waals surface area contributed by atoms with E-state index in [1.165, 1.54) is 283 Å². The molecule has 0 saturated carbocycles. The number of carbonyl (C=O) groups is 3. The maximum atomic E-state index is 12.9. The molecule has 0 spiro atoms. The van der Waals surface area contributed by atoms with Crippen LogP contribution in [0.2, 0.25) is 0 Å². The molecule has 6 nitrogen and oxygen atoms in total. The van der Waals surface area contributed by atoms with Crippen LogP contribution in [-0.2, 0) is 28.6 Å². The van der Waals surface area contributed by atoms with Gasteiger partial charge in [-0.15, -0.1) is 0 Å². The Balaban J connectivity index is 4.20. The summed E-state index contributed by atoms with van der Waals surface area (Å²) in [5.74, 6) is -0.826. The van der Waals surface area contributed by atoms with Crippen LogP contribution in [-0.4, -0.2) is 37.2 Å². The molecule has 422 valence electrons. The summed E-state index contributed by atoms with van der Waals surface area (Å²) < 4.78 is 16.9. The highest BCUT2D eigenvalue weighted by molar-refractivity contribution is 5.71. The van der Waals surface area contributed by atoms with Crippen molar-refractivity contribution in [3.05, 3.63) is 0 Å². The third-order valence-corrected chi connectivity index (χ3v) is 15.1. The second-order valence-corrected chi connectivity index (χ2v) is 22.4. The average molecular weight is 1000 g/mol. The van der Waals surface area contributed by atoms with Gasteiger partial charge in [-0.2, -0.15) is 0 Å². The molecule has 0 radical (unpaired) electrons. The van der Waals surface area contributed by atoms with Crippen LogP contribution in [0.5, 0.6) is 0 Å².